The highest BCUT2D eigenvalue weighted by Gasteiger charge is 2.12. The third-order valence-electron chi connectivity index (χ3n) is 2.77. The zero-order valence-electron chi connectivity index (χ0n) is 10.7. The van der Waals surface area contributed by atoms with Crippen LogP contribution in [-0.2, 0) is 6.54 Å². The molecule has 2 aromatic rings. The first-order valence-corrected chi connectivity index (χ1v) is 6.59. The molecule has 0 saturated carbocycles. The second kappa shape index (κ2) is 5.02. The summed E-state index contributed by atoms with van der Waals surface area (Å²) in [6.07, 6.45) is 1.92. The number of rotatable bonds is 4. The predicted octanol–water partition coefficient (Wildman–Crippen LogP) is 3.51. The molecule has 0 aliphatic rings. The summed E-state index contributed by atoms with van der Waals surface area (Å²) in [6, 6.07) is 2.39. The van der Waals surface area contributed by atoms with Crippen LogP contribution in [0.15, 0.2) is 16.7 Å². The average molecular weight is 250 g/mol. The minimum atomic E-state index is 0.289. The van der Waals surface area contributed by atoms with Crippen LogP contribution in [-0.4, -0.2) is 4.98 Å². The van der Waals surface area contributed by atoms with Crippen LogP contribution in [0.5, 0.6) is 0 Å². The molecule has 1 unspecified atom stereocenters. The van der Waals surface area contributed by atoms with Crippen molar-refractivity contribution in [3.8, 4) is 0 Å². The highest BCUT2D eigenvalue weighted by molar-refractivity contribution is 7.11. The van der Waals surface area contributed by atoms with Gasteiger partial charge in [0, 0.05) is 29.2 Å². The summed E-state index contributed by atoms with van der Waals surface area (Å²) >= 11 is 1.74. The van der Waals surface area contributed by atoms with Gasteiger partial charge in [0.25, 0.3) is 0 Å². The van der Waals surface area contributed by atoms with Crippen LogP contribution in [0, 0.1) is 20.8 Å². The third kappa shape index (κ3) is 2.96. The Balaban J connectivity index is 1.97. The first-order valence-electron chi connectivity index (χ1n) is 5.78. The zero-order valence-corrected chi connectivity index (χ0v) is 11.5. The van der Waals surface area contributed by atoms with Crippen molar-refractivity contribution >= 4 is 11.3 Å². The van der Waals surface area contributed by atoms with Crippen molar-refractivity contribution < 1.29 is 4.42 Å². The molecule has 0 radical (unpaired) electrons. The van der Waals surface area contributed by atoms with Gasteiger partial charge in [-0.2, -0.15) is 0 Å². The molecule has 2 heterocycles. The Kier molecular flexibility index (Phi) is 3.64. The molecule has 92 valence electrons. The van der Waals surface area contributed by atoms with Gasteiger partial charge in [-0.25, -0.2) is 4.98 Å². The Hall–Kier alpha value is -1.13. The van der Waals surface area contributed by atoms with Crippen molar-refractivity contribution in [2.45, 2.75) is 40.3 Å². The van der Waals surface area contributed by atoms with Gasteiger partial charge in [0.05, 0.1) is 0 Å². The number of hydrogen-bond donors (Lipinski definition) is 1. The van der Waals surface area contributed by atoms with Crippen molar-refractivity contribution in [3.05, 3.63) is 39.2 Å². The highest BCUT2D eigenvalue weighted by Crippen LogP contribution is 2.21. The van der Waals surface area contributed by atoms with E-state index in [1.807, 2.05) is 20.0 Å². The largest absolute Gasteiger partial charge is 0.466 e. The number of nitrogens with zero attached hydrogens (tertiary/aromatic N) is 1. The molecule has 0 bridgehead atoms. The molecule has 0 aliphatic carbocycles. The molecule has 1 N–H and O–H groups in total. The van der Waals surface area contributed by atoms with Crippen molar-refractivity contribution in [2.75, 3.05) is 0 Å². The van der Waals surface area contributed by atoms with E-state index >= 15 is 0 Å². The fourth-order valence-electron chi connectivity index (χ4n) is 1.91. The van der Waals surface area contributed by atoms with E-state index in [1.54, 1.807) is 11.3 Å². The predicted molar refractivity (Wildman–Crippen MR) is 70.3 cm³/mol. The maximum atomic E-state index is 5.54. The summed E-state index contributed by atoms with van der Waals surface area (Å²) in [6.45, 7) is 9.02. The topological polar surface area (TPSA) is 38.1 Å². The van der Waals surface area contributed by atoms with Crippen LogP contribution >= 0.6 is 11.3 Å². The molecule has 2 rings (SSSR count). The molecule has 0 fully saturated rings. The van der Waals surface area contributed by atoms with E-state index in [4.69, 9.17) is 4.42 Å². The summed E-state index contributed by atoms with van der Waals surface area (Å²) in [5.41, 5.74) is 1.23. The van der Waals surface area contributed by atoms with Gasteiger partial charge in [-0.1, -0.05) is 0 Å². The SMILES string of the molecule is Cc1cc(C(C)NCc2ncc(C)s2)c(C)o1. The van der Waals surface area contributed by atoms with E-state index in [0.29, 0.717) is 0 Å². The molecular weight excluding hydrogens is 232 g/mol. The minimum Gasteiger partial charge on any atom is -0.466 e. The lowest BCUT2D eigenvalue weighted by molar-refractivity contribution is 0.489. The fourth-order valence-corrected chi connectivity index (χ4v) is 2.65. The average Bonchev–Trinajstić information content (AvgIpc) is 2.81. The molecule has 1 atom stereocenters. The molecule has 0 amide bonds. The van der Waals surface area contributed by atoms with Gasteiger partial charge in [-0.15, -0.1) is 11.3 Å². The van der Waals surface area contributed by atoms with Crippen LogP contribution in [0.3, 0.4) is 0 Å². The third-order valence-corrected chi connectivity index (χ3v) is 3.69. The van der Waals surface area contributed by atoms with Crippen LogP contribution in [0.1, 0.15) is 39.9 Å². The van der Waals surface area contributed by atoms with Crippen LogP contribution < -0.4 is 5.32 Å². The molecule has 0 aliphatic heterocycles. The number of aryl methyl sites for hydroxylation is 3. The Morgan fingerprint density at radius 1 is 1.41 bits per heavy atom. The van der Waals surface area contributed by atoms with Crippen molar-refractivity contribution in [1.29, 1.82) is 0 Å². The standard InChI is InChI=1S/C13H18N2OS/c1-8-5-12(11(4)16-8)10(3)14-7-13-15-6-9(2)17-13/h5-6,10,14H,7H2,1-4H3. The summed E-state index contributed by atoms with van der Waals surface area (Å²) in [7, 11) is 0. The van der Waals surface area contributed by atoms with Crippen molar-refractivity contribution in [3.63, 3.8) is 0 Å². The van der Waals surface area contributed by atoms with E-state index in [9.17, 15) is 0 Å². The van der Waals surface area contributed by atoms with Crippen LogP contribution in [0.2, 0.25) is 0 Å². The molecule has 0 aromatic carbocycles. The molecule has 2 aromatic heterocycles. The number of thiazole rings is 1. The summed E-state index contributed by atoms with van der Waals surface area (Å²) < 4.78 is 5.54. The smallest absolute Gasteiger partial charge is 0.107 e. The van der Waals surface area contributed by atoms with E-state index in [2.05, 4.69) is 30.2 Å². The van der Waals surface area contributed by atoms with E-state index in [-0.39, 0.29) is 6.04 Å². The van der Waals surface area contributed by atoms with Gasteiger partial charge in [0.2, 0.25) is 0 Å². The van der Waals surface area contributed by atoms with Crippen LogP contribution in [0.25, 0.3) is 0 Å². The molecule has 4 heteroatoms. The number of nitrogens with one attached hydrogen (secondary N) is 1. The minimum absolute atomic E-state index is 0.289. The Morgan fingerprint density at radius 2 is 2.18 bits per heavy atom. The van der Waals surface area contributed by atoms with Gasteiger partial charge in [-0.3, -0.25) is 0 Å². The van der Waals surface area contributed by atoms with Gasteiger partial charge in [0.15, 0.2) is 0 Å². The first kappa shape index (κ1) is 12.3. The zero-order chi connectivity index (χ0) is 12.4. The van der Waals surface area contributed by atoms with E-state index in [0.717, 1.165) is 23.1 Å². The quantitative estimate of drug-likeness (QED) is 0.902. The van der Waals surface area contributed by atoms with E-state index in [1.165, 1.54) is 10.4 Å². The summed E-state index contributed by atoms with van der Waals surface area (Å²) in [4.78, 5) is 5.60. The second-order valence-corrected chi connectivity index (χ2v) is 5.66. The lowest BCUT2D eigenvalue weighted by Gasteiger charge is -2.11. The second-order valence-electron chi connectivity index (χ2n) is 4.34. The normalized spacial score (nSPS) is 12.9. The number of hydrogen-bond acceptors (Lipinski definition) is 4. The number of furan rings is 1. The van der Waals surface area contributed by atoms with Gasteiger partial charge < -0.3 is 9.73 Å². The lowest BCUT2D eigenvalue weighted by atomic mass is 10.1. The Morgan fingerprint density at radius 3 is 2.71 bits per heavy atom. The van der Waals surface area contributed by atoms with Crippen molar-refractivity contribution in [1.82, 2.24) is 10.3 Å². The summed E-state index contributed by atoms with van der Waals surface area (Å²) in [5.74, 6) is 1.97. The van der Waals surface area contributed by atoms with Crippen LogP contribution in [0.4, 0.5) is 0 Å². The number of aromatic nitrogens is 1. The molecule has 17 heavy (non-hydrogen) atoms. The highest BCUT2D eigenvalue weighted by atomic mass is 32.1. The van der Waals surface area contributed by atoms with Crippen molar-refractivity contribution in [2.24, 2.45) is 0 Å². The van der Waals surface area contributed by atoms with Gasteiger partial charge >= 0.3 is 0 Å². The van der Waals surface area contributed by atoms with Gasteiger partial charge in [0.1, 0.15) is 16.5 Å². The molecule has 3 nitrogen and oxygen atoms in total. The molecular formula is C13H18N2OS. The Labute approximate surface area is 106 Å². The summed E-state index contributed by atoms with van der Waals surface area (Å²) in [5, 5.41) is 4.60. The maximum Gasteiger partial charge on any atom is 0.107 e. The van der Waals surface area contributed by atoms with Gasteiger partial charge in [-0.05, 0) is 33.8 Å². The Bertz CT molecular complexity index is 501. The lowest BCUT2D eigenvalue weighted by Crippen LogP contribution is -2.18. The van der Waals surface area contributed by atoms with E-state index < -0.39 is 0 Å². The first-order chi connectivity index (χ1) is 8.06. The maximum absolute atomic E-state index is 5.54. The fraction of sp³-hybridized carbons (Fsp3) is 0.462. The molecule has 0 saturated heterocycles. The molecule has 0 spiro atoms. The monoisotopic (exact) mass is 250 g/mol.